The zero-order chi connectivity index (χ0) is 20.4. The van der Waals surface area contributed by atoms with Gasteiger partial charge in [0.25, 0.3) is 5.91 Å². The summed E-state index contributed by atoms with van der Waals surface area (Å²) in [7, 11) is 0. The predicted molar refractivity (Wildman–Crippen MR) is 110 cm³/mol. The van der Waals surface area contributed by atoms with Crippen molar-refractivity contribution < 1.29 is 14.3 Å². The highest BCUT2D eigenvalue weighted by Gasteiger charge is 2.26. The Morgan fingerprint density at radius 2 is 1.64 bits per heavy atom. The third-order valence-corrected chi connectivity index (χ3v) is 5.49. The number of rotatable bonds is 4. The number of aryl methyl sites for hydroxylation is 2. The van der Waals surface area contributed by atoms with Crippen molar-refractivity contribution >= 4 is 11.9 Å². The van der Waals surface area contributed by atoms with Crippen molar-refractivity contribution in [2.24, 2.45) is 11.8 Å². The third-order valence-electron chi connectivity index (χ3n) is 5.49. The first kappa shape index (κ1) is 20.2. The molecular weight excluding hydrogens is 352 g/mol. The Morgan fingerprint density at radius 1 is 1.04 bits per heavy atom. The highest BCUT2D eigenvalue weighted by molar-refractivity contribution is 5.93. The van der Waals surface area contributed by atoms with Gasteiger partial charge in [-0.25, -0.2) is 4.79 Å². The Bertz CT molecular complexity index is 857. The molecule has 1 fully saturated rings. The highest BCUT2D eigenvalue weighted by Crippen LogP contribution is 2.23. The second-order valence-corrected chi connectivity index (χ2v) is 8.28. The van der Waals surface area contributed by atoms with Crippen LogP contribution in [-0.2, 0) is 9.53 Å². The SMILES string of the molecule is Cc1ccc(-n2c(C)cc(C(=O)OCC(=O)N3C[C@H](C)C[C@@H](C)C3)c2C)cc1. The number of hydrogen-bond donors (Lipinski definition) is 0. The first-order chi connectivity index (χ1) is 13.3. The van der Waals surface area contributed by atoms with Gasteiger partial charge in [0.1, 0.15) is 0 Å². The van der Waals surface area contributed by atoms with Crippen LogP contribution in [-0.4, -0.2) is 41.0 Å². The highest BCUT2D eigenvalue weighted by atomic mass is 16.5. The minimum atomic E-state index is -0.446. The Morgan fingerprint density at radius 3 is 2.25 bits per heavy atom. The topological polar surface area (TPSA) is 51.5 Å². The average molecular weight is 383 g/mol. The fraction of sp³-hybridized carbons (Fsp3) is 0.478. The smallest absolute Gasteiger partial charge is 0.340 e. The minimum Gasteiger partial charge on any atom is -0.452 e. The molecular formula is C23H30N2O3. The summed E-state index contributed by atoms with van der Waals surface area (Å²) >= 11 is 0. The van der Waals surface area contributed by atoms with E-state index in [2.05, 4.69) is 13.8 Å². The number of ether oxygens (including phenoxy) is 1. The van der Waals surface area contributed by atoms with Gasteiger partial charge in [0, 0.05) is 30.2 Å². The normalized spacial score (nSPS) is 19.5. The molecule has 1 aliphatic rings. The van der Waals surface area contributed by atoms with E-state index < -0.39 is 5.97 Å². The first-order valence-corrected chi connectivity index (χ1v) is 9.97. The molecule has 150 valence electrons. The number of aromatic nitrogens is 1. The number of nitrogens with zero attached hydrogens (tertiary/aromatic N) is 2. The molecule has 0 bridgehead atoms. The largest absolute Gasteiger partial charge is 0.452 e. The van der Waals surface area contributed by atoms with Gasteiger partial charge in [-0.05, 0) is 57.2 Å². The number of hydrogen-bond acceptors (Lipinski definition) is 3. The average Bonchev–Trinajstić information content (AvgIpc) is 2.94. The summed E-state index contributed by atoms with van der Waals surface area (Å²) in [4.78, 5) is 26.9. The third kappa shape index (κ3) is 4.29. The predicted octanol–water partition coefficient (Wildman–Crippen LogP) is 4.06. The number of esters is 1. The number of benzene rings is 1. The molecule has 0 aliphatic carbocycles. The van der Waals surface area contributed by atoms with Crippen molar-refractivity contribution in [2.45, 2.75) is 41.0 Å². The van der Waals surface area contributed by atoms with Crippen molar-refractivity contribution in [2.75, 3.05) is 19.7 Å². The van der Waals surface area contributed by atoms with Crippen LogP contribution in [0.25, 0.3) is 5.69 Å². The van der Waals surface area contributed by atoms with E-state index in [-0.39, 0.29) is 12.5 Å². The fourth-order valence-electron chi connectivity index (χ4n) is 4.22. The molecule has 5 heteroatoms. The van der Waals surface area contributed by atoms with Crippen LogP contribution in [0.4, 0.5) is 0 Å². The molecule has 3 rings (SSSR count). The zero-order valence-corrected chi connectivity index (χ0v) is 17.5. The van der Waals surface area contributed by atoms with Gasteiger partial charge in [-0.2, -0.15) is 0 Å². The lowest BCUT2D eigenvalue weighted by Crippen LogP contribution is -2.44. The summed E-state index contributed by atoms with van der Waals surface area (Å²) in [5.41, 5.74) is 4.47. The van der Waals surface area contributed by atoms with Crippen LogP contribution in [0, 0.1) is 32.6 Å². The van der Waals surface area contributed by atoms with Crippen molar-refractivity contribution in [1.82, 2.24) is 9.47 Å². The summed E-state index contributed by atoms with van der Waals surface area (Å²) in [6.45, 7) is 11.5. The lowest BCUT2D eigenvalue weighted by Gasteiger charge is -2.34. The molecule has 0 unspecified atom stereocenters. The van der Waals surface area contributed by atoms with Gasteiger partial charge in [-0.3, -0.25) is 4.79 Å². The first-order valence-electron chi connectivity index (χ1n) is 9.97. The second kappa shape index (κ2) is 8.21. The number of carbonyl (C=O) groups is 2. The van der Waals surface area contributed by atoms with E-state index in [0.717, 1.165) is 36.6 Å². The molecule has 0 spiro atoms. The molecule has 1 aromatic heterocycles. The minimum absolute atomic E-state index is 0.112. The molecule has 1 aliphatic heterocycles. The van der Waals surface area contributed by atoms with E-state index in [1.807, 2.05) is 60.6 Å². The maximum absolute atomic E-state index is 12.6. The van der Waals surface area contributed by atoms with Gasteiger partial charge in [0.2, 0.25) is 0 Å². The summed E-state index contributed by atoms with van der Waals surface area (Å²) in [6.07, 6.45) is 1.13. The van der Waals surface area contributed by atoms with Crippen molar-refractivity contribution in [3.8, 4) is 5.69 Å². The lowest BCUT2D eigenvalue weighted by molar-refractivity contribution is -0.137. The van der Waals surface area contributed by atoms with Crippen LogP contribution in [0.3, 0.4) is 0 Å². The van der Waals surface area contributed by atoms with Gasteiger partial charge in [-0.1, -0.05) is 31.5 Å². The van der Waals surface area contributed by atoms with Crippen LogP contribution in [0.2, 0.25) is 0 Å². The van der Waals surface area contributed by atoms with Gasteiger partial charge in [0.05, 0.1) is 5.56 Å². The van der Waals surface area contributed by atoms with E-state index in [1.165, 1.54) is 5.56 Å². The fourth-order valence-corrected chi connectivity index (χ4v) is 4.22. The molecule has 1 saturated heterocycles. The summed E-state index contributed by atoms with van der Waals surface area (Å²) in [5.74, 6) is 0.408. The Hall–Kier alpha value is -2.56. The number of piperidine rings is 1. The molecule has 2 heterocycles. The van der Waals surface area contributed by atoms with E-state index in [0.29, 0.717) is 17.4 Å². The Labute approximate surface area is 167 Å². The zero-order valence-electron chi connectivity index (χ0n) is 17.5. The van der Waals surface area contributed by atoms with Gasteiger partial charge >= 0.3 is 5.97 Å². The molecule has 1 aromatic carbocycles. The van der Waals surface area contributed by atoms with E-state index in [4.69, 9.17) is 4.74 Å². The molecule has 0 radical (unpaired) electrons. The molecule has 28 heavy (non-hydrogen) atoms. The maximum Gasteiger partial charge on any atom is 0.340 e. The monoisotopic (exact) mass is 382 g/mol. The maximum atomic E-state index is 12.6. The molecule has 2 aromatic rings. The summed E-state index contributed by atoms with van der Waals surface area (Å²) in [6, 6.07) is 9.99. The van der Waals surface area contributed by atoms with Gasteiger partial charge in [-0.15, -0.1) is 0 Å². The number of amides is 1. The van der Waals surface area contributed by atoms with Gasteiger partial charge in [0.15, 0.2) is 6.61 Å². The van der Waals surface area contributed by atoms with E-state index in [9.17, 15) is 9.59 Å². The van der Waals surface area contributed by atoms with E-state index in [1.54, 1.807) is 0 Å². The van der Waals surface area contributed by atoms with Crippen molar-refractivity contribution in [3.05, 3.63) is 52.8 Å². The molecule has 5 nitrogen and oxygen atoms in total. The van der Waals surface area contributed by atoms with Crippen molar-refractivity contribution in [1.29, 1.82) is 0 Å². The Kier molecular flexibility index (Phi) is 5.92. The molecule has 0 N–H and O–H groups in total. The van der Waals surface area contributed by atoms with Crippen LogP contribution in [0.15, 0.2) is 30.3 Å². The molecule has 0 saturated carbocycles. The standard InChI is InChI=1S/C23H30N2O3/c1-15-6-8-20(9-7-15)25-18(4)11-21(19(25)5)23(27)28-14-22(26)24-12-16(2)10-17(3)13-24/h6-9,11,16-17H,10,12-14H2,1-5H3/t16-,17-/m1/s1. The lowest BCUT2D eigenvalue weighted by atomic mass is 9.92. The number of likely N-dealkylation sites (tertiary alicyclic amines) is 1. The van der Waals surface area contributed by atoms with Gasteiger partial charge < -0.3 is 14.2 Å². The number of carbonyl (C=O) groups excluding carboxylic acids is 2. The van der Waals surface area contributed by atoms with Crippen LogP contribution >= 0.6 is 0 Å². The van der Waals surface area contributed by atoms with Crippen LogP contribution in [0.5, 0.6) is 0 Å². The van der Waals surface area contributed by atoms with Crippen LogP contribution < -0.4 is 0 Å². The van der Waals surface area contributed by atoms with Crippen molar-refractivity contribution in [3.63, 3.8) is 0 Å². The molecule has 1 amide bonds. The summed E-state index contributed by atoms with van der Waals surface area (Å²) < 4.78 is 7.41. The van der Waals surface area contributed by atoms with Crippen LogP contribution in [0.1, 0.15) is 47.6 Å². The Balaban J connectivity index is 1.69. The quantitative estimate of drug-likeness (QED) is 0.749. The summed E-state index contributed by atoms with van der Waals surface area (Å²) in [5, 5.41) is 0. The second-order valence-electron chi connectivity index (χ2n) is 8.28. The molecule has 2 atom stereocenters. The van der Waals surface area contributed by atoms with E-state index >= 15 is 0 Å².